The van der Waals surface area contributed by atoms with Crippen LogP contribution in [0.1, 0.15) is 18.4 Å². The van der Waals surface area contributed by atoms with E-state index in [9.17, 15) is 14.7 Å². The summed E-state index contributed by atoms with van der Waals surface area (Å²) in [5, 5.41) is 9.39. The lowest BCUT2D eigenvalue weighted by atomic mass is 9.63. The Morgan fingerprint density at radius 1 is 1.29 bits per heavy atom. The summed E-state index contributed by atoms with van der Waals surface area (Å²) in [4.78, 5) is 24.5. The van der Waals surface area contributed by atoms with Gasteiger partial charge in [0.1, 0.15) is 11.2 Å². The lowest BCUT2D eigenvalue weighted by Gasteiger charge is -2.38. The first-order valence-corrected chi connectivity index (χ1v) is 5.49. The zero-order chi connectivity index (χ0) is 12.6. The van der Waals surface area contributed by atoms with Gasteiger partial charge in [-0.1, -0.05) is 18.2 Å². The minimum atomic E-state index is -1.02. The molecule has 1 aromatic rings. The largest absolute Gasteiger partial charge is 0.481 e. The summed E-state index contributed by atoms with van der Waals surface area (Å²) < 4.78 is 0. The highest BCUT2D eigenvalue weighted by atomic mass is 16.4. The molecule has 1 fully saturated rings. The summed E-state index contributed by atoms with van der Waals surface area (Å²) in [6, 6.07) is 7.36. The monoisotopic (exact) mass is 233 g/mol. The molecule has 0 unspecified atom stereocenters. The average Bonchev–Trinajstić information content (AvgIpc) is 2.24. The van der Waals surface area contributed by atoms with Gasteiger partial charge in [0.25, 0.3) is 0 Å². The quantitative estimate of drug-likeness (QED) is 0.858. The third-order valence-electron chi connectivity index (χ3n) is 3.31. The smallest absolute Gasteiger partial charge is 0.315 e. The molecule has 0 heterocycles. The van der Waals surface area contributed by atoms with E-state index in [1.165, 1.54) is 0 Å². The van der Waals surface area contributed by atoms with Gasteiger partial charge < -0.3 is 10.0 Å². The molecule has 1 aromatic carbocycles. The average molecular weight is 233 g/mol. The molecule has 0 saturated heterocycles. The summed E-state index contributed by atoms with van der Waals surface area (Å²) in [7, 11) is 3.74. The maximum Gasteiger partial charge on any atom is 0.315 e. The molecule has 0 aliphatic heterocycles. The molecule has 0 atom stereocenters. The van der Waals surface area contributed by atoms with Crippen molar-refractivity contribution in [3.63, 3.8) is 0 Å². The second-order valence-electron chi connectivity index (χ2n) is 4.69. The Bertz CT molecular complexity index is 471. The summed E-state index contributed by atoms with van der Waals surface area (Å²) in [6.07, 6.45) is 0.209. The van der Waals surface area contributed by atoms with Gasteiger partial charge in [-0.05, 0) is 11.6 Å². The Balaban J connectivity index is 2.52. The number of carbonyl (C=O) groups is 2. The summed E-state index contributed by atoms with van der Waals surface area (Å²) >= 11 is 0. The highest BCUT2D eigenvalue weighted by Gasteiger charge is 2.52. The first-order chi connectivity index (χ1) is 7.97. The number of ketones is 1. The third-order valence-corrected chi connectivity index (χ3v) is 3.31. The minimum Gasteiger partial charge on any atom is -0.481 e. The van der Waals surface area contributed by atoms with Crippen LogP contribution in [0.2, 0.25) is 0 Å². The van der Waals surface area contributed by atoms with Gasteiger partial charge in [-0.15, -0.1) is 0 Å². The van der Waals surface area contributed by atoms with Crippen LogP contribution in [0, 0.1) is 0 Å². The van der Waals surface area contributed by atoms with Crippen LogP contribution < -0.4 is 4.90 Å². The number of rotatable bonds is 3. The Hall–Kier alpha value is -1.84. The Morgan fingerprint density at radius 3 is 2.35 bits per heavy atom. The van der Waals surface area contributed by atoms with E-state index in [0.29, 0.717) is 0 Å². The fraction of sp³-hybridized carbons (Fsp3) is 0.385. The normalized spacial score (nSPS) is 17.4. The van der Waals surface area contributed by atoms with Crippen molar-refractivity contribution in [2.24, 2.45) is 0 Å². The lowest BCUT2D eigenvalue weighted by Crippen LogP contribution is -2.48. The van der Waals surface area contributed by atoms with E-state index in [1.54, 1.807) is 6.07 Å². The van der Waals surface area contributed by atoms with Gasteiger partial charge in [-0.2, -0.15) is 0 Å². The number of para-hydroxylation sites is 1. The van der Waals surface area contributed by atoms with E-state index >= 15 is 0 Å². The summed E-state index contributed by atoms with van der Waals surface area (Å²) in [5.41, 5.74) is 0.581. The third kappa shape index (κ3) is 1.69. The molecule has 1 N–H and O–H groups in total. The highest BCUT2D eigenvalue weighted by Crippen LogP contribution is 2.45. The molecule has 1 aliphatic rings. The van der Waals surface area contributed by atoms with Crippen molar-refractivity contribution >= 4 is 17.4 Å². The Labute approximate surface area is 99.9 Å². The molecule has 0 bridgehead atoms. The Kier molecular flexibility index (Phi) is 2.65. The van der Waals surface area contributed by atoms with E-state index in [2.05, 4.69) is 0 Å². The van der Waals surface area contributed by atoms with Gasteiger partial charge in [0, 0.05) is 32.6 Å². The van der Waals surface area contributed by atoms with Crippen molar-refractivity contribution in [1.82, 2.24) is 0 Å². The van der Waals surface area contributed by atoms with Crippen molar-refractivity contribution in [2.75, 3.05) is 19.0 Å². The number of carbonyl (C=O) groups excluding carboxylic acids is 1. The maximum atomic E-state index is 11.5. The molecule has 2 rings (SSSR count). The first-order valence-electron chi connectivity index (χ1n) is 5.49. The number of carboxylic acids is 1. The number of anilines is 1. The van der Waals surface area contributed by atoms with E-state index in [1.807, 2.05) is 37.2 Å². The number of Topliss-reactive ketones (excluding diaryl/α,β-unsaturated/α-hetero) is 1. The van der Waals surface area contributed by atoms with Crippen LogP contribution in [0.15, 0.2) is 24.3 Å². The number of hydrogen-bond acceptors (Lipinski definition) is 3. The van der Waals surface area contributed by atoms with Gasteiger partial charge >= 0.3 is 5.97 Å². The number of aliphatic carboxylic acids is 1. The number of benzene rings is 1. The number of carboxylic acid groups (broad SMARTS) is 1. The molecule has 1 saturated carbocycles. The van der Waals surface area contributed by atoms with Gasteiger partial charge in [0.15, 0.2) is 0 Å². The summed E-state index contributed by atoms with van der Waals surface area (Å²) in [5.74, 6) is -0.896. The molecule has 17 heavy (non-hydrogen) atoms. The van der Waals surface area contributed by atoms with Crippen LogP contribution in [0.5, 0.6) is 0 Å². The molecule has 0 radical (unpaired) electrons. The fourth-order valence-corrected chi connectivity index (χ4v) is 2.35. The SMILES string of the molecule is CN(C)c1ccccc1C1(C(=O)O)CC(=O)C1. The van der Waals surface area contributed by atoms with Gasteiger partial charge in [0.2, 0.25) is 0 Å². The lowest BCUT2D eigenvalue weighted by molar-refractivity contribution is -0.153. The Morgan fingerprint density at radius 2 is 1.88 bits per heavy atom. The molecule has 0 amide bonds. The maximum absolute atomic E-state index is 11.5. The van der Waals surface area contributed by atoms with Crippen LogP contribution >= 0.6 is 0 Å². The zero-order valence-electron chi connectivity index (χ0n) is 9.93. The van der Waals surface area contributed by atoms with Crippen molar-refractivity contribution in [3.8, 4) is 0 Å². The van der Waals surface area contributed by atoms with Gasteiger partial charge in [-0.3, -0.25) is 9.59 Å². The molecule has 4 nitrogen and oxygen atoms in total. The van der Waals surface area contributed by atoms with E-state index in [4.69, 9.17) is 0 Å². The molecule has 1 aliphatic carbocycles. The summed E-state index contributed by atoms with van der Waals surface area (Å²) in [6.45, 7) is 0. The molecule has 90 valence electrons. The standard InChI is InChI=1S/C13H15NO3/c1-14(2)11-6-4-3-5-10(11)13(12(16)17)7-9(15)8-13/h3-6H,7-8H2,1-2H3,(H,16,17). The van der Waals surface area contributed by atoms with E-state index in [0.717, 1.165) is 11.3 Å². The van der Waals surface area contributed by atoms with Crippen molar-refractivity contribution in [3.05, 3.63) is 29.8 Å². The molecular weight excluding hydrogens is 218 g/mol. The van der Waals surface area contributed by atoms with Crippen molar-refractivity contribution in [1.29, 1.82) is 0 Å². The molecule has 4 heteroatoms. The van der Waals surface area contributed by atoms with Crippen LogP contribution in [0.25, 0.3) is 0 Å². The molecular formula is C13H15NO3. The van der Waals surface area contributed by atoms with E-state index < -0.39 is 11.4 Å². The van der Waals surface area contributed by atoms with Gasteiger partial charge in [0.05, 0.1) is 0 Å². The zero-order valence-corrected chi connectivity index (χ0v) is 9.93. The molecule has 0 spiro atoms. The predicted molar refractivity (Wildman–Crippen MR) is 64.3 cm³/mol. The van der Waals surface area contributed by atoms with Crippen LogP contribution in [0.3, 0.4) is 0 Å². The van der Waals surface area contributed by atoms with Gasteiger partial charge in [-0.25, -0.2) is 0 Å². The minimum absolute atomic E-state index is 0.0148. The second kappa shape index (κ2) is 3.87. The highest BCUT2D eigenvalue weighted by molar-refractivity contribution is 6.02. The number of hydrogen-bond donors (Lipinski definition) is 1. The van der Waals surface area contributed by atoms with Crippen LogP contribution in [-0.2, 0) is 15.0 Å². The fourth-order valence-electron chi connectivity index (χ4n) is 2.35. The van der Waals surface area contributed by atoms with E-state index in [-0.39, 0.29) is 18.6 Å². The topological polar surface area (TPSA) is 57.6 Å². The second-order valence-corrected chi connectivity index (χ2v) is 4.69. The predicted octanol–water partition coefficient (Wildman–Crippen LogP) is 1.44. The van der Waals surface area contributed by atoms with Crippen molar-refractivity contribution < 1.29 is 14.7 Å². The van der Waals surface area contributed by atoms with Crippen molar-refractivity contribution in [2.45, 2.75) is 18.3 Å². The number of nitrogens with zero attached hydrogens (tertiary/aromatic N) is 1. The first kappa shape index (κ1) is 11.6. The molecule has 0 aromatic heterocycles. The van der Waals surface area contributed by atoms with Crippen LogP contribution in [-0.4, -0.2) is 31.0 Å². The van der Waals surface area contributed by atoms with Crippen LogP contribution in [0.4, 0.5) is 5.69 Å².